The topological polar surface area (TPSA) is 20.2 Å². The average molecular weight is 384 g/mol. The first kappa shape index (κ1) is 18.6. The van der Waals surface area contributed by atoms with Crippen molar-refractivity contribution in [2.24, 2.45) is 0 Å². The van der Waals surface area contributed by atoms with Crippen LogP contribution in [0.2, 0.25) is 0 Å². The van der Waals surface area contributed by atoms with E-state index in [0.717, 1.165) is 5.56 Å². The van der Waals surface area contributed by atoms with Crippen LogP contribution in [0.5, 0.6) is 0 Å². The molecule has 0 saturated heterocycles. The second kappa shape index (κ2) is 8.10. The third-order valence-corrected chi connectivity index (χ3v) is 10.2. The Kier molecular flexibility index (Phi) is 5.39. The molecule has 0 aliphatic rings. The zero-order valence-electron chi connectivity index (χ0n) is 16.0. The maximum absolute atomic E-state index is 9.98. The third kappa shape index (κ3) is 3.29. The molecule has 0 aliphatic heterocycles. The van der Waals surface area contributed by atoms with E-state index in [9.17, 15) is 5.11 Å². The van der Waals surface area contributed by atoms with Crippen LogP contribution in [0.25, 0.3) is 0 Å². The quantitative estimate of drug-likeness (QED) is 0.514. The van der Waals surface area contributed by atoms with E-state index in [1.54, 1.807) is 0 Å². The summed E-state index contributed by atoms with van der Waals surface area (Å²) in [6, 6.07) is 41.1. The zero-order chi connectivity index (χ0) is 19.4. The Morgan fingerprint density at radius 3 is 1.14 bits per heavy atom. The van der Waals surface area contributed by atoms with Crippen molar-refractivity contribution in [1.29, 1.82) is 0 Å². The number of rotatable bonds is 5. The summed E-state index contributed by atoms with van der Waals surface area (Å²) in [4.78, 5) is 0. The van der Waals surface area contributed by atoms with E-state index in [1.807, 2.05) is 6.92 Å². The molecule has 1 unspecified atom stereocenters. The SMILES string of the molecule is CC(O)c1ccc([PH](c2ccccc2)(c2ccccc2)c2ccccc2)cc1. The molecule has 0 aromatic heterocycles. The van der Waals surface area contributed by atoms with E-state index >= 15 is 0 Å². The molecule has 0 heterocycles. The molecule has 0 amide bonds. The van der Waals surface area contributed by atoms with Crippen molar-refractivity contribution in [3.8, 4) is 0 Å². The standard InChI is InChI=1S/C26H25OP/c1-21(27)22-17-19-26(20-18-22)28(23-11-5-2-6-12-23,24-13-7-3-8-14-24)25-15-9-4-10-16-25/h2-21,27-28H,1H3. The van der Waals surface area contributed by atoms with Gasteiger partial charge in [-0.15, -0.1) is 0 Å². The fraction of sp³-hybridized carbons (Fsp3) is 0.0769. The van der Waals surface area contributed by atoms with Crippen LogP contribution in [0, 0.1) is 0 Å². The second-order valence-electron chi connectivity index (χ2n) is 7.15. The van der Waals surface area contributed by atoms with Gasteiger partial charge in [0.25, 0.3) is 0 Å². The predicted octanol–water partition coefficient (Wildman–Crippen LogP) is 4.09. The summed E-state index contributed by atoms with van der Waals surface area (Å²) >= 11 is 0. The summed E-state index contributed by atoms with van der Waals surface area (Å²) in [6.07, 6.45) is -0.463. The van der Waals surface area contributed by atoms with E-state index < -0.39 is 13.4 Å². The van der Waals surface area contributed by atoms with E-state index in [4.69, 9.17) is 0 Å². The second-order valence-corrected chi connectivity index (χ2v) is 11.0. The Hall–Kier alpha value is -2.73. The Bertz CT molecular complexity index is 914. The average Bonchev–Trinajstić information content (AvgIpc) is 2.77. The van der Waals surface area contributed by atoms with Gasteiger partial charge in [0.05, 0.1) is 0 Å². The van der Waals surface area contributed by atoms with E-state index in [-0.39, 0.29) is 0 Å². The fourth-order valence-electron chi connectivity index (χ4n) is 4.08. The van der Waals surface area contributed by atoms with Gasteiger partial charge in [-0.05, 0) is 0 Å². The monoisotopic (exact) mass is 384 g/mol. The van der Waals surface area contributed by atoms with Gasteiger partial charge in [-0.3, -0.25) is 0 Å². The molecular weight excluding hydrogens is 359 g/mol. The predicted molar refractivity (Wildman–Crippen MR) is 123 cm³/mol. The summed E-state index contributed by atoms with van der Waals surface area (Å²) < 4.78 is 0. The van der Waals surface area contributed by atoms with Crippen LogP contribution in [-0.2, 0) is 0 Å². The molecule has 4 rings (SSSR count). The Morgan fingerprint density at radius 1 is 0.500 bits per heavy atom. The number of aliphatic hydroxyl groups is 1. The summed E-state index contributed by atoms with van der Waals surface area (Å²) in [5, 5.41) is 15.4. The molecular formula is C26H25OP. The normalized spacial score (nSPS) is 13.1. The summed E-state index contributed by atoms with van der Waals surface area (Å²) in [7, 11) is -2.44. The van der Waals surface area contributed by atoms with Crippen molar-refractivity contribution in [2.75, 3.05) is 0 Å². The van der Waals surface area contributed by atoms with Crippen molar-refractivity contribution in [3.63, 3.8) is 0 Å². The van der Waals surface area contributed by atoms with Crippen molar-refractivity contribution < 1.29 is 5.11 Å². The molecule has 140 valence electrons. The molecule has 1 nitrogen and oxygen atoms in total. The summed E-state index contributed by atoms with van der Waals surface area (Å²) in [5.41, 5.74) is 0.945. The van der Waals surface area contributed by atoms with Gasteiger partial charge in [-0.2, -0.15) is 0 Å². The van der Waals surface area contributed by atoms with Crippen LogP contribution in [0.15, 0.2) is 115 Å². The molecule has 0 saturated carbocycles. The zero-order valence-corrected chi connectivity index (χ0v) is 17.0. The fourth-order valence-corrected chi connectivity index (χ4v) is 8.82. The van der Waals surface area contributed by atoms with Gasteiger partial charge in [0.2, 0.25) is 0 Å². The van der Waals surface area contributed by atoms with Gasteiger partial charge in [0.1, 0.15) is 0 Å². The Balaban J connectivity index is 2.07. The number of benzene rings is 4. The van der Waals surface area contributed by atoms with Crippen molar-refractivity contribution in [1.82, 2.24) is 0 Å². The molecule has 4 aromatic carbocycles. The van der Waals surface area contributed by atoms with Crippen LogP contribution < -0.4 is 21.2 Å². The molecule has 1 N–H and O–H groups in total. The van der Waals surface area contributed by atoms with Gasteiger partial charge in [0, 0.05) is 0 Å². The molecule has 0 radical (unpaired) electrons. The first-order chi connectivity index (χ1) is 13.7. The molecule has 0 bridgehead atoms. The molecule has 0 fully saturated rings. The summed E-state index contributed by atoms with van der Waals surface area (Å²) in [5.74, 6) is 0. The van der Waals surface area contributed by atoms with E-state index in [0.29, 0.717) is 0 Å². The van der Waals surface area contributed by atoms with Gasteiger partial charge in [-0.1, -0.05) is 0 Å². The molecule has 0 aliphatic carbocycles. The molecule has 4 aromatic rings. The van der Waals surface area contributed by atoms with E-state index in [1.165, 1.54) is 21.2 Å². The molecule has 28 heavy (non-hydrogen) atoms. The number of aliphatic hydroxyl groups excluding tert-OH is 1. The molecule has 2 heteroatoms. The van der Waals surface area contributed by atoms with Gasteiger partial charge in [-0.25, -0.2) is 0 Å². The van der Waals surface area contributed by atoms with Crippen LogP contribution in [0.3, 0.4) is 0 Å². The van der Waals surface area contributed by atoms with Crippen LogP contribution in [0.4, 0.5) is 0 Å². The van der Waals surface area contributed by atoms with Gasteiger partial charge in [0.15, 0.2) is 0 Å². The van der Waals surface area contributed by atoms with Crippen molar-refractivity contribution >= 4 is 28.5 Å². The minimum absolute atomic E-state index is 0.463. The first-order valence-electron chi connectivity index (χ1n) is 9.68. The van der Waals surface area contributed by atoms with Crippen molar-refractivity contribution in [2.45, 2.75) is 13.0 Å². The molecule has 0 spiro atoms. The van der Waals surface area contributed by atoms with Crippen LogP contribution in [0.1, 0.15) is 18.6 Å². The third-order valence-electron chi connectivity index (χ3n) is 5.45. The molecule has 1 atom stereocenters. The van der Waals surface area contributed by atoms with Crippen LogP contribution >= 0.6 is 7.26 Å². The maximum atomic E-state index is 9.98. The van der Waals surface area contributed by atoms with Crippen molar-refractivity contribution in [3.05, 3.63) is 121 Å². The summed E-state index contributed by atoms with van der Waals surface area (Å²) in [6.45, 7) is 1.81. The van der Waals surface area contributed by atoms with Gasteiger partial charge < -0.3 is 0 Å². The Morgan fingerprint density at radius 2 is 0.821 bits per heavy atom. The number of hydrogen-bond acceptors (Lipinski definition) is 1. The minimum atomic E-state index is -2.44. The van der Waals surface area contributed by atoms with E-state index in [2.05, 4.69) is 115 Å². The van der Waals surface area contributed by atoms with Crippen LogP contribution in [-0.4, -0.2) is 5.11 Å². The van der Waals surface area contributed by atoms with Gasteiger partial charge >= 0.3 is 167 Å². The first-order valence-corrected chi connectivity index (χ1v) is 11.7. The number of hydrogen-bond donors (Lipinski definition) is 1. The Labute approximate surface area is 167 Å².